The van der Waals surface area contributed by atoms with E-state index >= 15 is 0 Å². The van der Waals surface area contributed by atoms with Gasteiger partial charge >= 0.3 is 5.97 Å². The number of aryl methyl sites for hydroxylation is 2. The second-order valence-electron chi connectivity index (χ2n) is 3.77. The number of aliphatic carboxylic acids is 1. The molecule has 1 aromatic rings. The highest BCUT2D eigenvalue weighted by Crippen LogP contribution is 2.21. The summed E-state index contributed by atoms with van der Waals surface area (Å²) < 4.78 is 27.2. The van der Waals surface area contributed by atoms with Crippen LogP contribution in [0, 0.1) is 25.5 Å². The van der Waals surface area contributed by atoms with Crippen molar-refractivity contribution in [2.45, 2.75) is 26.3 Å². The predicted molar refractivity (Wildman–Crippen MR) is 55.1 cm³/mol. The van der Waals surface area contributed by atoms with Gasteiger partial charge in [-0.3, -0.25) is 4.79 Å². The Bertz CT molecular complexity index is 406. The molecule has 88 valence electrons. The zero-order valence-corrected chi connectivity index (χ0v) is 9.05. The summed E-state index contributed by atoms with van der Waals surface area (Å²) in [5.41, 5.74) is 5.56. The summed E-state index contributed by atoms with van der Waals surface area (Å²) in [7, 11) is 0. The Morgan fingerprint density at radius 2 is 1.81 bits per heavy atom. The molecule has 0 saturated heterocycles. The van der Waals surface area contributed by atoms with E-state index in [0.29, 0.717) is 0 Å². The Morgan fingerprint density at radius 3 is 2.19 bits per heavy atom. The van der Waals surface area contributed by atoms with Crippen LogP contribution in [0.4, 0.5) is 8.78 Å². The fourth-order valence-electron chi connectivity index (χ4n) is 1.51. The van der Waals surface area contributed by atoms with Crippen LogP contribution in [0.25, 0.3) is 0 Å². The van der Waals surface area contributed by atoms with Crippen molar-refractivity contribution in [3.8, 4) is 0 Å². The highest BCUT2D eigenvalue weighted by atomic mass is 19.1. The van der Waals surface area contributed by atoms with Gasteiger partial charge in [0.1, 0.15) is 17.7 Å². The summed E-state index contributed by atoms with van der Waals surface area (Å²) in [5, 5.41) is 8.59. The third-order valence-corrected chi connectivity index (χ3v) is 2.40. The van der Waals surface area contributed by atoms with Gasteiger partial charge in [0.25, 0.3) is 0 Å². The number of hydrogen-bond donors (Lipinski definition) is 2. The SMILES string of the molecule is Cc1cc(C)c(F)c(CC(N)C(=O)O)c1F. The van der Waals surface area contributed by atoms with Crippen molar-refractivity contribution in [2.24, 2.45) is 5.73 Å². The molecule has 3 N–H and O–H groups in total. The van der Waals surface area contributed by atoms with Gasteiger partial charge in [-0.1, -0.05) is 6.07 Å². The van der Waals surface area contributed by atoms with Gasteiger partial charge in [-0.25, -0.2) is 8.78 Å². The molecule has 1 aromatic carbocycles. The van der Waals surface area contributed by atoms with Crippen LogP contribution in [-0.4, -0.2) is 17.1 Å². The number of nitrogens with two attached hydrogens (primary N) is 1. The van der Waals surface area contributed by atoms with E-state index in [9.17, 15) is 13.6 Å². The third-order valence-electron chi connectivity index (χ3n) is 2.40. The molecule has 0 aromatic heterocycles. The highest BCUT2D eigenvalue weighted by Gasteiger charge is 2.20. The molecule has 0 radical (unpaired) electrons. The lowest BCUT2D eigenvalue weighted by molar-refractivity contribution is -0.138. The van der Waals surface area contributed by atoms with E-state index in [-0.39, 0.29) is 23.1 Å². The molecule has 0 heterocycles. The molecular weight excluding hydrogens is 216 g/mol. The van der Waals surface area contributed by atoms with Crippen LogP contribution in [0.1, 0.15) is 16.7 Å². The molecule has 0 spiro atoms. The van der Waals surface area contributed by atoms with Crippen molar-refractivity contribution in [3.63, 3.8) is 0 Å². The molecule has 1 unspecified atom stereocenters. The average Bonchev–Trinajstić information content (AvgIpc) is 2.21. The molecule has 0 amide bonds. The zero-order chi connectivity index (χ0) is 12.5. The van der Waals surface area contributed by atoms with Gasteiger partial charge in [0.2, 0.25) is 0 Å². The van der Waals surface area contributed by atoms with Crippen LogP contribution in [-0.2, 0) is 11.2 Å². The van der Waals surface area contributed by atoms with Gasteiger partial charge in [0.05, 0.1) is 0 Å². The van der Waals surface area contributed by atoms with Crippen LogP contribution < -0.4 is 5.73 Å². The molecule has 5 heteroatoms. The van der Waals surface area contributed by atoms with Gasteiger partial charge in [0.15, 0.2) is 0 Å². The van der Waals surface area contributed by atoms with Crippen molar-refractivity contribution in [1.29, 1.82) is 0 Å². The fraction of sp³-hybridized carbons (Fsp3) is 0.364. The Balaban J connectivity index is 3.17. The second-order valence-corrected chi connectivity index (χ2v) is 3.77. The molecular formula is C11H13F2NO2. The van der Waals surface area contributed by atoms with Crippen LogP contribution in [0.2, 0.25) is 0 Å². The minimum absolute atomic E-state index is 0.257. The standard InChI is InChI=1S/C11H13F2NO2/c1-5-3-6(2)10(13)7(9(5)12)4-8(14)11(15)16/h3,8H,4,14H2,1-2H3,(H,15,16). The van der Waals surface area contributed by atoms with Crippen molar-refractivity contribution in [3.05, 3.63) is 34.4 Å². The minimum atomic E-state index is -1.30. The zero-order valence-electron chi connectivity index (χ0n) is 9.05. The highest BCUT2D eigenvalue weighted by molar-refractivity contribution is 5.73. The summed E-state index contributed by atoms with van der Waals surface area (Å²) in [6.45, 7) is 3.00. The number of hydrogen-bond acceptors (Lipinski definition) is 2. The Hall–Kier alpha value is -1.49. The van der Waals surface area contributed by atoms with Crippen molar-refractivity contribution >= 4 is 5.97 Å². The Kier molecular flexibility index (Phi) is 3.59. The minimum Gasteiger partial charge on any atom is -0.480 e. The van der Waals surface area contributed by atoms with Crippen molar-refractivity contribution in [2.75, 3.05) is 0 Å². The lowest BCUT2D eigenvalue weighted by Gasteiger charge is -2.12. The van der Waals surface area contributed by atoms with Crippen LogP contribution in [0.15, 0.2) is 6.07 Å². The van der Waals surface area contributed by atoms with E-state index in [0.717, 1.165) is 0 Å². The van der Waals surface area contributed by atoms with Crippen LogP contribution in [0.3, 0.4) is 0 Å². The first kappa shape index (κ1) is 12.6. The first-order valence-corrected chi connectivity index (χ1v) is 4.77. The molecule has 0 aliphatic heterocycles. The fourth-order valence-corrected chi connectivity index (χ4v) is 1.51. The Labute approximate surface area is 91.9 Å². The second kappa shape index (κ2) is 4.57. The van der Waals surface area contributed by atoms with Gasteiger partial charge in [-0.15, -0.1) is 0 Å². The molecule has 0 aliphatic rings. The monoisotopic (exact) mass is 229 g/mol. The van der Waals surface area contributed by atoms with Gasteiger partial charge < -0.3 is 10.8 Å². The van der Waals surface area contributed by atoms with Crippen molar-refractivity contribution < 1.29 is 18.7 Å². The lowest BCUT2D eigenvalue weighted by Crippen LogP contribution is -2.33. The third kappa shape index (κ3) is 2.36. The average molecular weight is 229 g/mol. The molecule has 0 bridgehead atoms. The maximum Gasteiger partial charge on any atom is 0.320 e. The van der Waals surface area contributed by atoms with E-state index < -0.39 is 23.6 Å². The number of rotatable bonds is 3. The summed E-state index contributed by atoms with van der Waals surface area (Å²) >= 11 is 0. The summed E-state index contributed by atoms with van der Waals surface area (Å²) in [4.78, 5) is 10.5. The molecule has 1 rings (SSSR count). The van der Waals surface area contributed by atoms with E-state index in [2.05, 4.69) is 0 Å². The summed E-state index contributed by atoms with van der Waals surface area (Å²) in [6.07, 6.45) is -0.352. The van der Waals surface area contributed by atoms with E-state index in [1.165, 1.54) is 19.9 Å². The predicted octanol–water partition coefficient (Wildman–Crippen LogP) is 1.54. The number of carbonyl (C=O) groups is 1. The maximum absolute atomic E-state index is 13.6. The first-order valence-electron chi connectivity index (χ1n) is 4.77. The summed E-state index contributed by atoms with van der Waals surface area (Å²) in [5.74, 6) is -2.72. The molecule has 0 fully saturated rings. The van der Waals surface area contributed by atoms with Crippen molar-refractivity contribution in [1.82, 2.24) is 0 Å². The van der Waals surface area contributed by atoms with Gasteiger partial charge in [-0.05, 0) is 25.0 Å². The smallest absolute Gasteiger partial charge is 0.320 e. The number of benzene rings is 1. The molecule has 0 saturated carbocycles. The normalized spacial score (nSPS) is 12.6. The number of carboxylic acid groups (broad SMARTS) is 1. The molecule has 1 atom stereocenters. The topological polar surface area (TPSA) is 63.3 Å². The Morgan fingerprint density at radius 1 is 1.38 bits per heavy atom. The van der Waals surface area contributed by atoms with E-state index in [1.54, 1.807) is 0 Å². The molecule has 0 aliphatic carbocycles. The van der Waals surface area contributed by atoms with Crippen LogP contribution >= 0.6 is 0 Å². The quantitative estimate of drug-likeness (QED) is 0.826. The summed E-state index contributed by atoms with van der Waals surface area (Å²) in [6, 6.07) is 0.0747. The van der Waals surface area contributed by atoms with Gasteiger partial charge in [0, 0.05) is 12.0 Å². The number of halogens is 2. The van der Waals surface area contributed by atoms with Crippen LogP contribution in [0.5, 0.6) is 0 Å². The largest absolute Gasteiger partial charge is 0.480 e. The number of carboxylic acids is 1. The first-order chi connectivity index (χ1) is 7.34. The molecule has 16 heavy (non-hydrogen) atoms. The van der Waals surface area contributed by atoms with E-state index in [4.69, 9.17) is 10.8 Å². The molecule has 3 nitrogen and oxygen atoms in total. The maximum atomic E-state index is 13.6. The lowest BCUT2D eigenvalue weighted by atomic mass is 9.99. The van der Waals surface area contributed by atoms with Gasteiger partial charge in [-0.2, -0.15) is 0 Å². The van der Waals surface area contributed by atoms with E-state index in [1.807, 2.05) is 0 Å².